The highest BCUT2D eigenvalue weighted by Gasteiger charge is 2.28. The summed E-state index contributed by atoms with van der Waals surface area (Å²) >= 11 is 0. The average Bonchev–Trinajstić information content (AvgIpc) is 2.61. The molecule has 2 aromatic carbocycles. The van der Waals surface area contributed by atoms with Crippen molar-refractivity contribution >= 4 is 0 Å². The monoisotopic (exact) mass is 312 g/mol. The predicted molar refractivity (Wildman–Crippen MR) is 91.1 cm³/mol. The number of ether oxygens (including phenoxy) is 3. The summed E-state index contributed by atoms with van der Waals surface area (Å²) < 4.78 is 17.0. The van der Waals surface area contributed by atoms with Crippen LogP contribution in [0.5, 0.6) is 5.75 Å². The highest BCUT2D eigenvalue weighted by Crippen LogP contribution is 2.34. The molecule has 2 aromatic rings. The lowest BCUT2D eigenvalue weighted by Crippen LogP contribution is -2.30. The van der Waals surface area contributed by atoms with E-state index in [0.29, 0.717) is 19.1 Å². The molecular weight excluding hydrogens is 288 g/mol. The second kappa shape index (κ2) is 6.73. The van der Waals surface area contributed by atoms with E-state index in [1.54, 1.807) is 14.2 Å². The third-order valence-electron chi connectivity index (χ3n) is 4.72. The van der Waals surface area contributed by atoms with Crippen LogP contribution in [0.4, 0.5) is 0 Å². The Morgan fingerprint density at radius 1 is 1.13 bits per heavy atom. The standard InChI is InChI=1S/C20H24O3/c1-20(22-3,14-21-2)18-9-6-8-15(12-18)17-11-16-7-4-5-10-19(16)23-13-17/h4-10,12,17H,11,13-14H2,1-3H3. The highest BCUT2D eigenvalue weighted by atomic mass is 16.5. The van der Waals surface area contributed by atoms with E-state index < -0.39 is 5.60 Å². The van der Waals surface area contributed by atoms with Crippen molar-refractivity contribution < 1.29 is 14.2 Å². The van der Waals surface area contributed by atoms with Crippen molar-refractivity contribution in [3.05, 3.63) is 65.2 Å². The Labute approximate surface area is 138 Å². The molecule has 0 bridgehead atoms. The second-order valence-electron chi connectivity index (χ2n) is 6.31. The topological polar surface area (TPSA) is 27.7 Å². The molecule has 3 rings (SSSR count). The smallest absolute Gasteiger partial charge is 0.122 e. The molecule has 0 radical (unpaired) electrons. The maximum Gasteiger partial charge on any atom is 0.122 e. The van der Waals surface area contributed by atoms with E-state index in [1.807, 2.05) is 12.1 Å². The Morgan fingerprint density at radius 2 is 1.96 bits per heavy atom. The van der Waals surface area contributed by atoms with Gasteiger partial charge in [0, 0.05) is 20.1 Å². The molecule has 0 N–H and O–H groups in total. The summed E-state index contributed by atoms with van der Waals surface area (Å²) in [5.41, 5.74) is 3.27. The first-order valence-electron chi connectivity index (χ1n) is 8.01. The Bertz CT molecular complexity index is 667. The van der Waals surface area contributed by atoms with Crippen molar-refractivity contribution in [2.45, 2.75) is 24.9 Å². The van der Waals surface area contributed by atoms with Gasteiger partial charge < -0.3 is 14.2 Å². The molecule has 0 saturated heterocycles. The fraction of sp³-hybridized carbons (Fsp3) is 0.400. The summed E-state index contributed by atoms with van der Waals surface area (Å²) in [6.07, 6.45) is 1.01. The maximum absolute atomic E-state index is 5.93. The summed E-state index contributed by atoms with van der Waals surface area (Å²) in [6, 6.07) is 16.9. The number of para-hydroxylation sites is 1. The minimum absolute atomic E-state index is 0.369. The van der Waals surface area contributed by atoms with E-state index in [4.69, 9.17) is 14.2 Å². The van der Waals surface area contributed by atoms with Crippen molar-refractivity contribution in [2.24, 2.45) is 0 Å². The van der Waals surface area contributed by atoms with Gasteiger partial charge in [0.25, 0.3) is 0 Å². The summed E-state index contributed by atoms with van der Waals surface area (Å²) in [4.78, 5) is 0. The van der Waals surface area contributed by atoms with Gasteiger partial charge in [-0.25, -0.2) is 0 Å². The molecule has 0 saturated carbocycles. The molecule has 1 aliphatic heterocycles. The first-order valence-corrected chi connectivity index (χ1v) is 8.01. The van der Waals surface area contributed by atoms with Crippen LogP contribution in [0.25, 0.3) is 0 Å². The molecule has 122 valence electrons. The molecule has 1 aliphatic rings. The lowest BCUT2D eigenvalue weighted by molar-refractivity contribution is -0.0556. The first kappa shape index (κ1) is 16.0. The van der Waals surface area contributed by atoms with Crippen LogP contribution in [0.2, 0.25) is 0 Å². The molecule has 2 atom stereocenters. The fourth-order valence-electron chi connectivity index (χ4n) is 3.20. The lowest BCUT2D eigenvalue weighted by atomic mass is 9.87. The third kappa shape index (κ3) is 3.26. The van der Waals surface area contributed by atoms with E-state index in [1.165, 1.54) is 11.1 Å². The van der Waals surface area contributed by atoms with Crippen LogP contribution >= 0.6 is 0 Å². The molecule has 0 aromatic heterocycles. The molecule has 23 heavy (non-hydrogen) atoms. The number of hydrogen-bond donors (Lipinski definition) is 0. The van der Waals surface area contributed by atoms with E-state index >= 15 is 0 Å². The van der Waals surface area contributed by atoms with Gasteiger partial charge in [0.15, 0.2) is 0 Å². The van der Waals surface area contributed by atoms with Crippen LogP contribution in [-0.4, -0.2) is 27.4 Å². The number of hydrogen-bond acceptors (Lipinski definition) is 3. The highest BCUT2D eigenvalue weighted by molar-refractivity contribution is 5.39. The molecule has 0 amide bonds. The van der Waals surface area contributed by atoms with Crippen LogP contribution in [0.1, 0.15) is 29.5 Å². The molecule has 1 heterocycles. The second-order valence-corrected chi connectivity index (χ2v) is 6.31. The summed E-state index contributed by atoms with van der Waals surface area (Å²) in [5, 5.41) is 0. The van der Waals surface area contributed by atoms with Gasteiger partial charge in [-0.05, 0) is 36.1 Å². The fourth-order valence-corrected chi connectivity index (χ4v) is 3.20. The third-order valence-corrected chi connectivity index (χ3v) is 4.72. The maximum atomic E-state index is 5.93. The van der Waals surface area contributed by atoms with E-state index in [-0.39, 0.29) is 0 Å². The van der Waals surface area contributed by atoms with Crippen molar-refractivity contribution in [3.8, 4) is 5.75 Å². The van der Waals surface area contributed by atoms with Gasteiger partial charge in [-0.3, -0.25) is 0 Å². The minimum Gasteiger partial charge on any atom is -0.493 e. The van der Waals surface area contributed by atoms with Crippen LogP contribution in [0, 0.1) is 0 Å². The largest absolute Gasteiger partial charge is 0.493 e. The lowest BCUT2D eigenvalue weighted by Gasteiger charge is -2.30. The average molecular weight is 312 g/mol. The van der Waals surface area contributed by atoms with Crippen LogP contribution in [0.15, 0.2) is 48.5 Å². The van der Waals surface area contributed by atoms with Crippen molar-refractivity contribution in [1.82, 2.24) is 0 Å². The Hall–Kier alpha value is -1.84. The molecule has 3 nitrogen and oxygen atoms in total. The SMILES string of the molecule is COCC(C)(OC)c1cccc(C2COc3ccccc3C2)c1. The zero-order valence-corrected chi connectivity index (χ0v) is 14.0. The number of benzene rings is 2. The van der Waals surface area contributed by atoms with E-state index in [2.05, 4.69) is 43.3 Å². The van der Waals surface area contributed by atoms with E-state index in [9.17, 15) is 0 Å². The van der Waals surface area contributed by atoms with Crippen molar-refractivity contribution in [1.29, 1.82) is 0 Å². The first-order chi connectivity index (χ1) is 11.2. The van der Waals surface area contributed by atoms with Crippen molar-refractivity contribution in [3.63, 3.8) is 0 Å². The molecule has 0 spiro atoms. The van der Waals surface area contributed by atoms with Crippen LogP contribution in [0.3, 0.4) is 0 Å². The number of methoxy groups -OCH3 is 2. The number of rotatable bonds is 5. The van der Waals surface area contributed by atoms with Gasteiger partial charge in [-0.2, -0.15) is 0 Å². The van der Waals surface area contributed by atoms with Gasteiger partial charge in [0.05, 0.1) is 13.2 Å². The summed E-state index contributed by atoms with van der Waals surface area (Å²) in [6.45, 7) is 3.30. The molecule has 3 heteroatoms. The zero-order valence-electron chi connectivity index (χ0n) is 14.0. The van der Waals surface area contributed by atoms with Gasteiger partial charge in [0.2, 0.25) is 0 Å². The zero-order chi connectivity index (χ0) is 16.3. The number of fused-ring (bicyclic) bond motifs is 1. The van der Waals surface area contributed by atoms with Crippen LogP contribution < -0.4 is 4.74 Å². The Morgan fingerprint density at radius 3 is 2.74 bits per heavy atom. The van der Waals surface area contributed by atoms with Crippen LogP contribution in [-0.2, 0) is 21.5 Å². The molecule has 0 aliphatic carbocycles. The Kier molecular flexibility index (Phi) is 4.69. The van der Waals surface area contributed by atoms with Crippen molar-refractivity contribution in [2.75, 3.05) is 27.4 Å². The Balaban J connectivity index is 1.86. The molecule has 2 unspecified atom stereocenters. The molecular formula is C20H24O3. The quantitative estimate of drug-likeness (QED) is 0.837. The van der Waals surface area contributed by atoms with E-state index in [0.717, 1.165) is 17.7 Å². The predicted octanol–water partition coefficient (Wildman–Crippen LogP) is 3.91. The normalized spacial score (nSPS) is 19.5. The minimum atomic E-state index is -0.432. The summed E-state index contributed by atoms with van der Waals surface area (Å²) in [5.74, 6) is 1.38. The molecule has 0 fully saturated rings. The summed E-state index contributed by atoms with van der Waals surface area (Å²) in [7, 11) is 3.43. The van der Waals surface area contributed by atoms with Gasteiger partial charge >= 0.3 is 0 Å². The van der Waals surface area contributed by atoms with Gasteiger partial charge in [0.1, 0.15) is 11.4 Å². The van der Waals surface area contributed by atoms with Gasteiger partial charge in [-0.15, -0.1) is 0 Å². The van der Waals surface area contributed by atoms with Gasteiger partial charge in [-0.1, -0.05) is 42.5 Å².